The van der Waals surface area contributed by atoms with Crippen LogP contribution in [0.1, 0.15) is 63.4 Å². The smallest absolute Gasteiger partial charge is 0.223 e. The first-order valence-electron chi connectivity index (χ1n) is 12.1. The Balaban J connectivity index is 1.54. The second-order valence-corrected chi connectivity index (χ2v) is 9.50. The number of benzene rings is 2. The molecule has 0 radical (unpaired) electrons. The predicted molar refractivity (Wildman–Crippen MR) is 131 cm³/mol. The first-order chi connectivity index (χ1) is 16.0. The molecule has 4 rings (SSSR count). The highest BCUT2D eigenvalue weighted by Crippen LogP contribution is 2.35. The third-order valence-electron chi connectivity index (χ3n) is 7.37. The van der Waals surface area contributed by atoms with Gasteiger partial charge >= 0.3 is 0 Å². The summed E-state index contributed by atoms with van der Waals surface area (Å²) in [5.41, 5.74) is 0.743. The van der Waals surface area contributed by atoms with Crippen LogP contribution in [0.4, 0.5) is 0 Å². The van der Waals surface area contributed by atoms with E-state index in [9.17, 15) is 9.59 Å². The summed E-state index contributed by atoms with van der Waals surface area (Å²) in [6.45, 7) is 0.367. The summed E-state index contributed by atoms with van der Waals surface area (Å²) in [6, 6.07) is 12.5. The van der Waals surface area contributed by atoms with Crippen LogP contribution in [0.3, 0.4) is 0 Å². The van der Waals surface area contributed by atoms with Gasteiger partial charge in [0.2, 0.25) is 11.8 Å². The fraction of sp³-hybridized carbons (Fsp3) is 0.500. The molecule has 0 aromatic heterocycles. The van der Waals surface area contributed by atoms with E-state index in [1.54, 1.807) is 7.11 Å². The zero-order valence-electron chi connectivity index (χ0n) is 19.6. The number of hydrogen-bond donors (Lipinski definition) is 1. The summed E-state index contributed by atoms with van der Waals surface area (Å²) >= 11 is 0. The van der Waals surface area contributed by atoms with E-state index in [1.807, 2.05) is 23.1 Å². The van der Waals surface area contributed by atoms with Crippen molar-refractivity contribution in [1.82, 2.24) is 10.2 Å². The Morgan fingerprint density at radius 2 is 1.94 bits per heavy atom. The molecule has 1 saturated carbocycles. The minimum atomic E-state index is -0.418. The quantitative estimate of drug-likeness (QED) is 0.602. The van der Waals surface area contributed by atoms with Gasteiger partial charge in [0.15, 0.2) is 0 Å². The van der Waals surface area contributed by atoms with E-state index in [4.69, 9.17) is 11.2 Å². The summed E-state index contributed by atoms with van der Waals surface area (Å²) in [5.74, 6) is 3.70. The molecule has 2 fully saturated rings. The van der Waals surface area contributed by atoms with Crippen molar-refractivity contribution in [3.05, 3.63) is 42.0 Å². The lowest BCUT2D eigenvalue weighted by molar-refractivity contribution is -0.134. The Kier molecular flexibility index (Phi) is 7.23. The molecule has 2 aromatic carbocycles. The number of carbonyl (C=O) groups excluding carboxylic acids is 2. The Labute approximate surface area is 196 Å². The van der Waals surface area contributed by atoms with Crippen LogP contribution in [0.5, 0.6) is 5.75 Å². The lowest BCUT2D eigenvalue weighted by Gasteiger charge is -2.35. The number of methoxy groups -OCH3 is 1. The highest BCUT2D eigenvalue weighted by atomic mass is 16.5. The SMILES string of the molecule is C#CCN(C(=O)CCC1(Cc2ccc(OC)c3ccccc23)CCC(=O)N1)C1CCCCC1. The number of ether oxygens (including phenoxy) is 1. The maximum atomic E-state index is 13.3. The third-order valence-corrected chi connectivity index (χ3v) is 7.37. The molecule has 0 bridgehead atoms. The van der Waals surface area contributed by atoms with E-state index in [1.165, 1.54) is 6.42 Å². The van der Waals surface area contributed by atoms with E-state index in [2.05, 4.69) is 29.4 Å². The Hall–Kier alpha value is -3.00. The standard InChI is InChI=1S/C28H34N2O3/c1-3-19-30(22-9-5-4-6-10-22)27(32)16-18-28(17-15-26(31)29-28)20-21-13-14-25(33-2)24-12-8-7-11-23(21)24/h1,7-8,11-14,22H,4-6,9-10,15-20H2,2H3,(H,29,31). The van der Waals surface area contributed by atoms with Crippen LogP contribution in [-0.4, -0.2) is 41.9 Å². The lowest BCUT2D eigenvalue weighted by atomic mass is 9.83. The first-order valence-corrected chi connectivity index (χ1v) is 12.1. The molecule has 1 unspecified atom stereocenters. The van der Waals surface area contributed by atoms with Gasteiger partial charge < -0.3 is 15.0 Å². The van der Waals surface area contributed by atoms with Gasteiger partial charge in [-0.15, -0.1) is 6.42 Å². The Bertz CT molecular complexity index is 1050. The van der Waals surface area contributed by atoms with Crippen molar-refractivity contribution in [1.29, 1.82) is 0 Å². The van der Waals surface area contributed by atoms with Crippen LogP contribution in [0.15, 0.2) is 36.4 Å². The highest BCUT2D eigenvalue weighted by Gasteiger charge is 2.39. The lowest BCUT2D eigenvalue weighted by Crippen LogP contribution is -2.46. The summed E-state index contributed by atoms with van der Waals surface area (Å²) in [7, 11) is 1.68. The number of rotatable bonds is 8. The molecule has 5 nitrogen and oxygen atoms in total. The minimum absolute atomic E-state index is 0.0630. The van der Waals surface area contributed by atoms with Gasteiger partial charge in [0, 0.05) is 29.8 Å². The van der Waals surface area contributed by atoms with Crippen molar-refractivity contribution in [3.63, 3.8) is 0 Å². The molecule has 33 heavy (non-hydrogen) atoms. The Morgan fingerprint density at radius 3 is 2.61 bits per heavy atom. The van der Waals surface area contributed by atoms with Gasteiger partial charge in [0.1, 0.15) is 5.75 Å². The third kappa shape index (κ3) is 5.16. The average Bonchev–Trinajstić information content (AvgIpc) is 3.22. The van der Waals surface area contributed by atoms with Crippen molar-refractivity contribution < 1.29 is 14.3 Å². The minimum Gasteiger partial charge on any atom is -0.496 e. The van der Waals surface area contributed by atoms with Gasteiger partial charge in [-0.05, 0) is 49.1 Å². The van der Waals surface area contributed by atoms with Gasteiger partial charge in [-0.25, -0.2) is 0 Å². The summed E-state index contributed by atoms with van der Waals surface area (Å²) in [4.78, 5) is 27.5. The van der Waals surface area contributed by atoms with E-state index in [0.29, 0.717) is 32.2 Å². The van der Waals surface area contributed by atoms with Crippen molar-refractivity contribution >= 4 is 22.6 Å². The molecule has 1 saturated heterocycles. The van der Waals surface area contributed by atoms with E-state index < -0.39 is 5.54 Å². The van der Waals surface area contributed by atoms with Crippen LogP contribution >= 0.6 is 0 Å². The molecule has 1 N–H and O–H groups in total. The number of nitrogens with one attached hydrogen (secondary N) is 1. The molecule has 1 aliphatic heterocycles. The topological polar surface area (TPSA) is 58.6 Å². The molecule has 5 heteroatoms. The van der Waals surface area contributed by atoms with Gasteiger partial charge in [0.05, 0.1) is 13.7 Å². The number of nitrogens with zero attached hydrogens (tertiary/aromatic N) is 1. The normalized spacial score (nSPS) is 20.9. The first kappa shape index (κ1) is 23.2. The second kappa shape index (κ2) is 10.3. The maximum absolute atomic E-state index is 13.3. The second-order valence-electron chi connectivity index (χ2n) is 9.50. The molecule has 0 spiro atoms. The zero-order chi connectivity index (χ0) is 23.3. The zero-order valence-corrected chi connectivity index (χ0v) is 19.6. The largest absolute Gasteiger partial charge is 0.496 e. The fourth-order valence-electron chi connectivity index (χ4n) is 5.61. The van der Waals surface area contributed by atoms with Gasteiger partial charge in [-0.1, -0.05) is 55.5 Å². The van der Waals surface area contributed by atoms with Crippen molar-refractivity contribution in [2.45, 2.75) is 75.8 Å². The van der Waals surface area contributed by atoms with Gasteiger partial charge in [0.25, 0.3) is 0 Å². The van der Waals surface area contributed by atoms with Gasteiger partial charge in [-0.2, -0.15) is 0 Å². The predicted octanol–water partition coefficient (Wildman–Crippen LogP) is 4.61. The van der Waals surface area contributed by atoms with Crippen LogP contribution in [-0.2, 0) is 16.0 Å². The molecule has 1 heterocycles. The number of carbonyl (C=O) groups is 2. The van der Waals surface area contributed by atoms with Crippen LogP contribution in [0, 0.1) is 12.3 Å². The number of hydrogen-bond acceptors (Lipinski definition) is 3. The van der Waals surface area contributed by atoms with Crippen molar-refractivity contribution in [3.8, 4) is 18.1 Å². The maximum Gasteiger partial charge on any atom is 0.223 e. The molecule has 174 valence electrons. The highest BCUT2D eigenvalue weighted by molar-refractivity contribution is 5.91. The fourth-order valence-corrected chi connectivity index (χ4v) is 5.61. The van der Waals surface area contributed by atoms with Crippen LogP contribution in [0.25, 0.3) is 10.8 Å². The van der Waals surface area contributed by atoms with E-state index >= 15 is 0 Å². The molecule has 2 aliphatic rings. The molecular weight excluding hydrogens is 412 g/mol. The van der Waals surface area contributed by atoms with Gasteiger partial charge in [-0.3, -0.25) is 9.59 Å². The number of amides is 2. The summed E-state index contributed by atoms with van der Waals surface area (Å²) < 4.78 is 5.54. The van der Waals surface area contributed by atoms with E-state index in [0.717, 1.165) is 54.2 Å². The summed E-state index contributed by atoms with van der Waals surface area (Å²) in [5, 5.41) is 5.42. The molecular formula is C28H34N2O3. The molecule has 1 atom stereocenters. The molecule has 1 aliphatic carbocycles. The number of fused-ring (bicyclic) bond motifs is 1. The monoisotopic (exact) mass is 446 g/mol. The van der Waals surface area contributed by atoms with Crippen molar-refractivity contribution in [2.75, 3.05) is 13.7 Å². The molecule has 2 amide bonds. The van der Waals surface area contributed by atoms with Crippen LogP contribution < -0.4 is 10.1 Å². The Morgan fingerprint density at radius 1 is 1.18 bits per heavy atom. The van der Waals surface area contributed by atoms with E-state index in [-0.39, 0.29) is 17.9 Å². The average molecular weight is 447 g/mol. The van der Waals surface area contributed by atoms with Crippen LogP contribution in [0.2, 0.25) is 0 Å². The molecule has 2 aromatic rings. The summed E-state index contributed by atoms with van der Waals surface area (Å²) in [6.07, 6.45) is 14.2. The number of terminal acetylenes is 1. The van der Waals surface area contributed by atoms with Crippen molar-refractivity contribution in [2.24, 2.45) is 0 Å².